The fraction of sp³-hybridized carbons (Fsp3) is 0.400. The van der Waals surface area contributed by atoms with Crippen LogP contribution in [-0.4, -0.2) is 16.1 Å². The largest absolute Gasteiger partial charge is 0.138 e. The summed E-state index contributed by atoms with van der Waals surface area (Å²) in [6.07, 6.45) is 0. The summed E-state index contributed by atoms with van der Waals surface area (Å²) in [5.74, 6) is 6.82. The van der Waals surface area contributed by atoms with Crippen molar-refractivity contribution in [3.8, 4) is 22.9 Å². The van der Waals surface area contributed by atoms with Crippen molar-refractivity contribution in [1.82, 2.24) is 0 Å². The first-order chi connectivity index (χ1) is 14.5. The van der Waals surface area contributed by atoms with Gasteiger partial charge < -0.3 is 0 Å². The van der Waals surface area contributed by atoms with E-state index in [2.05, 4.69) is 146 Å². The average molecular weight is 457 g/mol. The maximum atomic E-state index is 4.33. The third-order valence-electron chi connectivity index (χ3n) is 7.26. The second-order valence-electron chi connectivity index (χ2n) is 11.9. The van der Waals surface area contributed by atoms with Gasteiger partial charge in [0.05, 0.1) is 0 Å². The summed E-state index contributed by atoms with van der Waals surface area (Å²) in [6.45, 7) is 27.5. The summed E-state index contributed by atoms with van der Waals surface area (Å²) in [5.41, 5.74) is 12.6. The fourth-order valence-corrected chi connectivity index (χ4v) is 4.17. The van der Waals surface area contributed by atoms with E-state index < -0.39 is 16.1 Å². The minimum atomic E-state index is -1.60. The van der Waals surface area contributed by atoms with Crippen LogP contribution in [0.3, 0.4) is 0 Å². The summed E-state index contributed by atoms with van der Waals surface area (Å²) >= 11 is 0. The molecule has 0 aromatic heterocycles. The van der Waals surface area contributed by atoms with Crippen LogP contribution in [0.1, 0.15) is 63.8 Å². The van der Waals surface area contributed by atoms with Crippen molar-refractivity contribution in [2.75, 3.05) is 0 Å². The quantitative estimate of drug-likeness (QED) is 0.313. The van der Waals surface area contributed by atoms with Gasteiger partial charge in [0.1, 0.15) is 16.1 Å². The molecule has 0 aliphatic rings. The van der Waals surface area contributed by atoms with Gasteiger partial charge >= 0.3 is 0 Å². The molecule has 0 spiro atoms. The van der Waals surface area contributed by atoms with Gasteiger partial charge in [-0.2, -0.15) is 0 Å². The highest BCUT2D eigenvalue weighted by Crippen LogP contribution is 2.36. The Hall–Kier alpha value is -2.27. The molecule has 0 unspecified atom stereocenters. The maximum Gasteiger partial charge on any atom is 0.138 e. The van der Waals surface area contributed by atoms with Crippen molar-refractivity contribution in [3.05, 3.63) is 77.4 Å². The first-order valence-electron chi connectivity index (χ1n) is 11.5. The molecule has 0 aliphatic heterocycles. The van der Waals surface area contributed by atoms with Crippen molar-refractivity contribution >= 4 is 21.7 Å². The fourth-order valence-electron chi connectivity index (χ4n) is 2.51. The molecule has 2 rings (SSSR count). The van der Waals surface area contributed by atoms with Crippen molar-refractivity contribution < 1.29 is 0 Å². The molecular formula is C30H40Si2. The predicted molar refractivity (Wildman–Crippen MR) is 149 cm³/mol. The number of hydrogen-bond acceptors (Lipinski definition) is 0. The van der Waals surface area contributed by atoms with Crippen LogP contribution in [0.15, 0.2) is 55.1 Å². The third-order valence-corrected chi connectivity index (χ3v) is 16.3. The molecular weight excluding hydrogens is 417 g/mol. The molecule has 0 N–H and O–H groups in total. The Bertz CT molecular complexity index is 987. The number of rotatable bonds is 2. The first-order valence-corrected chi connectivity index (χ1v) is 17.5. The smallest absolute Gasteiger partial charge is 0.126 e. The Labute approximate surface area is 199 Å². The van der Waals surface area contributed by atoms with Gasteiger partial charge in [-0.15, -0.1) is 11.1 Å². The lowest BCUT2D eigenvalue weighted by Gasteiger charge is -2.31. The van der Waals surface area contributed by atoms with Crippen LogP contribution in [-0.2, 0) is 0 Å². The van der Waals surface area contributed by atoms with Crippen LogP contribution >= 0.6 is 0 Å². The highest BCUT2D eigenvalue weighted by molar-refractivity contribution is 6.88. The van der Waals surface area contributed by atoms with E-state index in [1.54, 1.807) is 0 Å². The molecule has 168 valence electrons. The molecule has 0 atom stereocenters. The summed E-state index contributed by atoms with van der Waals surface area (Å²) in [5, 5.41) is 0.547. The molecule has 0 saturated heterocycles. The van der Waals surface area contributed by atoms with Crippen molar-refractivity contribution in [3.63, 3.8) is 0 Å². The molecule has 0 nitrogen and oxygen atoms in total. The predicted octanol–water partition coefficient (Wildman–Crippen LogP) is 8.55. The number of hydrogen-bond donors (Lipinski definition) is 0. The highest BCUT2D eigenvalue weighted by atomic mass is 28.3. The lowest BCUT2D eigenvalue weighted by Crippen LogP contribution is -2.35. The van der Waals surface area contributed by atoms with Gasteiger partial charge in [-0.05, 0) is 51.0 Å². The molecule has 2 aromatic rings. The van der Waals surface area contributed by atoms with Gasteiger partial charge in [-0.3, -0.25) is 0 Å². The van der Waals surface area contributed by atoms with E-state index in [1.165, 1.54) is 0 Å². The van der Waals surface area contributed by atoms with Gasteiger partial charge in [-0.1, -0.05) is 110 Å². The van der Waals surface area contributed by atoms with Crippen LogP contribution in [0.2, 0.25) is 36.3 Å². The second-order valence-corrected chi connectivity index (χ2v) is 21.9. The van der Waals surface area contributed by atoms with E-state index in [1.807, 2.05) is 0 Å². The van der Waals surface area contributed by atoms with Crippen LogP contribution in [0.4, 0.5) is 0 Å². The first kappa shape index (κ1) is 26.0. The van der Waals surface area contributed by atoms with E-state index in [4.69, 9.17) is 0 Å². The molecule has 0 saturated carbocycles. The van der Waals surface area contributed by atoms with E-state index in [-0.39, 0.29) is 10.1 Å². The van der Waals surface area contributed by atoms with Crippen LogP contribution in [0.5, 0.6) is 0 Å². The average Bonchev–Trinajstić information content (AvgIpc) is 2.69. The van der Waals surface area contributed by atoms with Gasteiger partial charge in [0.15, 0.2) is 0 Å². The van der Waals surface area contributed by atoms with Gasteiger partial charge in [0.25, 0.3) is 0 Å². The van der Waals surface area contributed by atoms with Crippen LogP contribution < -0.4 is 0 Å². The molecule has 0 fully saturated rings. The van der Waals surface area contributed by atoms with E-state index in [0.29, 0.717) is 0 Å². The zero-order valence-electron chi connectivity index (χ0n) is 21.8. The Kier molecular flexibility index (Phi) is 7.56. The Morgan fingerprint density at radius 3 is 1.12 bits per heavy atom. The SMILES string of the molecule is C=C(c1ccc(C#C[Si](C)(C)C(C)(C)C)cc1)c1ccc(C#C[Si](C)(C)C(C)(C)C)cc1. The number of benzene rings is 2. The molecule has 2 aromatic carbocycles. The summed E-state index contributed by atoms with van der Waals surface area (Å²) in [4.78, 5) is 0. The van der Waals surface area contributed by atoms with Gasteiger partial charge in [0.2, 0.25) is 0 Å². The van der Waals surface area contributed by atoms with Gasteiger partial charge in [-0.25, -0.2) is 0 Å². The molecule has 0 amide bonds. The Balaban J connectivity index is 2.17. The zero-order valence-corrected chi connectivity index (χ0v) is 23.8. The van der Waals surface area contributed by atoms with Crippen molar-refractivity contribution in [2.24, 2.45) is 0 Å². The molecule has 2 heteroatoms. The third kappa shape index (κ3) is 6.38. The summed E-state index contributed by atoms with van der Waals surface area (Å²) < 4.78 is 0. The molecule has 0 bridgehead atoms. The topological polar surface area (TPSA) is 0 Å². The standard InChI is InChI=1S/C30H40Si2/c1-24(27-16-12-25(13-17-27)20-22-31(8,9)29(2,3)4)28-18-14-26(15-19-28)21-23-32(10,11)30(5,6)7/h12-19H,1H2,2-11H3. The molecule has 0 heterocycles. The van der Waals surface area contributed by atoms with Crippen molar-refractivity contribution in [2.45, 2.75) is 77.8 Å². The van der Waals surface area contributed by atoms with E-state index in [0.717, 1.165) is 27.8 Å². The summed E-state index contributed by atoms with van der Waals surface area (Å²) in [6, 6.07) is 17.0. The highest BCUT2D eigenvalue weighted by Gasteiger charge is 2.34. The minimum absolute atomic E-state index is 0.273. The second kappa shape index (κ2) is 9.31. The van der Waals surface area contributed by atoms with Gasteiger partial charge in [0, 0.05) is 11.1 Å². The monoisotopic (exact) mass is 456 g/mol. The molecule has 0 radical (unpaired) electrons. The van der Waals surface area contributed by atoms with Crippen LogP contribution in [0.25, 0.3) is 5.57 Å². The van der Waals surface area contributed by atoms with E-state index >= 15 is 0 Å². The molecule has 32 heavy (non-hydrogen) atoms. The molecule has 0 aliphatic carbocycles. The Morgan fingerprint density at radius 2 is 0.875 bits per heavy atom. The zero-order chi connectivity index (χ0) is 24.4. The van der Waals surface area contributed by atoms with Crippen LogP contribution in [0, 0.1) is 22.9 Å². The maximum absolute atomic E-state index is 4.33. The van der Waals surface area contributed by atoms with Crippen molar-refractivity contribution in [1.29, 1.82) is 0 Å². The normalized spacial score (nSPS) is 12.3. The lowest BCUT2D eigenvalue weighted by molar-refractivity contribution is 0.730. The van der Waals surface area contributed by atoms with E-state index in [9.17, 15) is 0 Å². The summed E-state index contributed by atoms with van der Waals surface area (Å²) in [7, 11) is -3.20. The Morgan fingerprint density at radius 1 is 0.594 bits per heavy atom. The lowest BCUT2D eigenvalue weighted by atomic mass is 9.98. The minimum Gasteiger partial charge on any atom is -0.126 e.